The number of hydrogen-bond acceptors (Lipinski definition) is 3. The molecule has 6 heteroatoms. The molecule has 0 heterocycles. The van der Waals surface area contributed by atoms with Gasteiger partial charge in [0.1, 0.15) is 5.82 Å². The van der Waals surface area contributed by atoms with Crippen LogP contribution in [0.2, 0.25) is 0 Å². The normalized spacial score (nSPS) is 11.4. The van der Waals surface area contributed by atoms with Crippen LogP contribution in [-0.2, 0) is 23.0 Å². The van der Waals surface area contributed by atoms with Crippen molar-refractivity contribution in [3.63, 3.8) is 0 Å². The summed E-state index contributed by atoms with van der Waals surface area (Å²) in [5, 5.41) is 0. The number of rotatable bonds is 5. The number of aryl methyl sites for hydroxylation is 1. The van der Waals surface area contributed by atoms with Crippen LogP contribution in [0.5, 0.6) is 0 Å². The zero-order valence-corrected chi connectivity index (χ0v) is 12.5. The van der Waals surface area contributed by atoms with Crippen LogP contribution in [0.25, 0.3) is 0 Å². The summed E-state index contributed by atoms with van der Waals surface area (Å²) in [6, 6.07) is 10.6. The summed E-state index contributed by atoms with van der Waals surface area (Å²) in [5.74, 6) is -0.616. The van der Waals surface area contributed by atoms with Gasteiger partial charge in [-0.2, -0.15) is 0 Å². The molecule has 0 aliphatic rings. The number of sulfonamides is 1. The fourth-order valence-corrected chi connectivity index (χ4v) is 3.32. The molecule has 0 aliphatic heterocycles. The summed E-state index contributed by atoms with van der Waals surface area (Å²) < 4.78 is 40.6. The van der Waals surface area contributed by atoms with Crippen LogP contribution in [0.4, 0.5) is 10.1 Å². The largest absolute Gasteiger partial charge is 0.326 e. The molecule has 3 N–H and O–H groups in total. The lowest BCUT2D eigenvalue weighted by Crippen LogP contribution is -2.16. The van der Waals surface area contributed by atoms with E-state index in [-0.39, 0.29) is 11.4 Å². The Morgan fingerprint density at radius 3 is 2.62 bits per heavy atom. The molecule has 21 heavy (non-hydrogen) atoms. The molecule has 0 bridgehead atoms. The summed E-state index contributed by atoms with van der Waals surface area (Å²) in [7, 11) is -3.87. The molecule has 0 fully saturated rings. The highest BCUT2D eigenvalue weighted by Crippen LogP contribution is 2.21. The average Bonchev–Trinajstić information content (AvgIpc) is 2.47. The Kier molecular flexibility index (Phi) is 4.59. The van der Waals surface area contributed by atoms with Crippen LogP contribution in [-0.4, -0.2) is 8.42 Å². The molecule has 2 aromatic carbocycles. The molecule has 112 valence electrons. The lowest BCUT2D eigenvalue weighted by atomic mass is 10.1. The summed E-state index contributed by atoms with van der Waals surface area (Å²) >= 11 is 0. The average molecular weight is 308 g/mol. The Balaban J connectivity index is 2.40. The first kappa shape index (κ1) is 15.5. The van der Waals surface area contributed by atoms with Gasteiger partial charge in [-0.25, -0.2) is 12.8 Å². The molecular formula is C15H17FN2O2S. The van der Waals surface area contributed by atoms with Gasteiger partial charge in [0.15, 0.2) is 0 Å². The Morgan fingerprint density at radius 1 is 1.19 bits per heavy atom. The molecule has 4 nitrogen and oxygen atoms in total. The van der Waals surface area contributed by atoms with Crippen molar-refractivity contribution in [2.24, 2.45) is 5.73 Å². The van der Waals surface area contributed by atoms with E-state index in [0.29, 0.717) is 11.3 Å². The van der Waals surface area contributed by atoms with E-state index in [1.54, 1.807) is 18.2 Å². The molecule has 0 saturated heterocycles. The predicted molar refractivity (Wildman–Crippen MR) is 80.9 cm³/mol. The van der Waals surface area contributed by atoms with E-state index in [1.807, 2.05) is 13.0 Å². The second kappa shape index (κ2) is 6.24. The third-order valence-corrected chi connectivity index (χ3v) is 4.59. The minimum Gasteiger partial charge on any atom is -0.326 e. The molecule has 2 rings (SSSR count). The maximum absolute atomic E-state index is 13.3. The molecule has 0 amide bonds. The maximum Gasteiger partial charge on any atom is 0.262 e. The van der Waals surface area contributed by atoms with Crippen LogP contribution in [0.1, 0.15) is 18.1 Å². The monoisotopic (exact) mass is 308 g/mol. The summed E-state index contributed by atoms with van der Waals surface area (Å²) in [6.07, 6.45) is 0.795. The van der Waals surface area contributed by atoms with E-state index in [0.717, 1.165) is 18.1 Å². The molecule has 0 saturated carbocycles. The highest BCUT2D eigenvalue weighted by Gasteiger charge is 2.19. The molecule has 0 aliphatic carbocycles. The van der Waals surface area contributed by atoms with Crippen molar-refractivity contribution in [3.8, 4) is 0 Å². The van der Waals surface area contributed by atoms with Crippen molar-refractivity contribution < 1.29 is 12.8 Å². The van der Waals surface area contributed by atoms with E-state index in [1.165, 1.54) is 12.1 Å². The zero-order chi connectivity index (χ0) is 15.5. The van der Waals surface area contributed by atoms with Gasteiger partial charge in [-0.3, -0.25) is 4.72 Å². The first-order valence-corrected chi connectivity index (χ1v) is 8.05. The third-order valence-electron chi connectivity index (χ3n) is 3.13. The van der Waals surface area contributed by atoms with Crippen LogP contribution in [0.15, 0.2) is 47.4 Å². The van der Waals surface area contributed by atoms with Crippen LogP contribution >= 0.6 is 0 Å². The quantitative estimate of drug-likeness (QED) is 0.892. The zero-order valence-electron chi connectivity index (χ0n) is 11.6. The van der Waals surface area contributed by atoms with Crippen molar-refractivity contribution in [2.75, 3.05) is 4.72 Å². The summed E-state index contributed by atoms with van der Waals surface area (Å²) in [4.78, 5) is -0.132. The minimum atomic E-state index is -3.87. The fraction of sp³-hybridized carbons (Fsp3) is 0.200. The molecule has 0 radical (unpaired) electrons. The van der Waals surface area contributed by atoms with Gasteiger partial charge >= 0.3 is 0 Å². The van der Waals surface area contributed by atoms with Crippen molar-refractivity contribution in [1.29, 1.82) is 0 Å². The number of halogens is 1. The highest BCUT2D eigenvalue weighted by atomic mass is 32.2. The molecular weight excluding hydrogens is 291 g/mol. The van der Waals surface area contributed by atoms with Gasteiger partial charge in [0.05, 0.1) is 4.90 Å². The van der Waals surface area contributed by atoms with Crippen LogP contribution < -0.4 is 10.5 Å². The van der Waals surface area contributed by atoms with Gasteiger partial charge in [-0.1, -0.05) is 25.1 Å². The Bertz CT molecular complexity index is 745. The molecule has 0 unspecified atom stereocenters. The van der Waals surface area contributed by atoms with E-state index >= 15 is 0 Å². The summed E-state index contributed by atoms with van der Waals surface area (Å²) in [6.45, 7) is 2.00. The van der Waals surface area contributed by atoms with Gasteiger partial charge in [0.2, 0.25) is 0 Å². The molecule has 0 aromatic heterocycles. The van der Waals surface area contributed by atoms with Crippen LogP contribution in [0, 0.1) is 5.82 Å². The fourth-order valence-electron chi connectivity index (χ4n) is 2.01. The second-order valence-electron chi connectivity index (χ2n) is 4.62. The Morgan fingerprint density at radius 2 is 1.95 bits per heavy atom. The number of nitrogens with two attached hydrogens (primary N) is 1. The lowest BCUT2D eigenvalue weighted by Gasteiger charge is -2.12. The van der Waals surface area contributed by atoms with E-state index < -0.39 is 15.8 Å². The topological polar surface area (TPSA) is 72.2 Å². The molecule has 0 spiro atoms. The SMILES string of the molecule is CCc1cccc(NS(=O)(=O)c2cc(F)ccc2CN)c1. The van der Waals surface area contributed by atoms with Crippen molar-refractivity contribution >= 4 is 15.7 Å². The first-order chi connectivity index (χ1) is 9.96. The number of anilines is 1. The minimum absolute atomic E-state index is 0.0194. The predicted octanol–water partition coefficient (Wildman–Crippen LogP) is 2.65. The third kappa shape index (κ3) is 3.59. The van der Waals surface area contributed by atoms with Crippen molar-refractivity contribution in [1.82, 2.24) is 0 Å². The van der Waals surface area contributed by atoms with Gasteiger partial charge in [0, 0.05) is 12.2 Å². The smallest absolute Gasteiger partial charge is 0.262 e. The van der Waals surface area contributed by atoms with Crippen molar-refractivity contribution in [2.45, 2.75) is 24.8 Å². The van der Waals surface area contributed by atoms with Gasteiger partial charge in [-0.05, 0) is 41.8 Å². The maximum atomic E-state index is 13.3. The standard InChI is InChI=1S/C15H17FN2O2S/c1-2-11-4-3-5-14(8-11)18-21(19,20)15-9-13(16)7-6-12(15)10-17/h3-9,18H,2,10,17H2,1H3. The highest BCUT2D eigenvalue weighted by molar-refractivity contribution is 7.92. The van der Waals surface area contributed by atoms with Gasteiger partial charge in [-0.15, -0.1) is 0 Å². The summed E-state index contributed by atoms with van der Waals surface area (Å²) in [5.41, 5.74) is 7.35. The second-order valence-corrected chi connectivity index (χ2v) is 6.27. The first-order valence-electron chi connectivity index (χ1n) is 6.56. The van der Waals surface area contributed by atoms with E-state index in [9.17, 15) is 12.8 Å². The van der Waals surface area contributed by atoms with Gasteiger partial charge in [0.25, 0.3) is 10.0 Å². The van der Waals surface area contributed by atoms with Crippen molar-refractivity contribution in [3.05, 3.63) is 59.4 Å². The van der Waals surface area contributed by atoms with Gasteiger partial charge < -0.3 is 5.73 Å². The lowest BCUT2D eigenvalue weighted by molar-refractivity contribution is 0.593. The van der Waals surface area contributed by atoms with E-state index in [4.69, 9.17) is 5.73 Å². The Hall–Kier alpha value is -1.92. The molecule has 2 aromatic rings. The number of benzene rings is 2. The molecule has 0 atom stereocenters. The van der Waals surface area contributed by atoms with E-state index in [2.05, 4.69) is 4.72 Å². The Labute approximate surface area is 123 Å². The number of hydrogen-bond donors (Lipinski definition) is 2. The van der Waals surface area contributed by atoms with Crippen LogP contribution in [0.3, 0.4) is 0 Å². The number of nitrogens with one attached hydrogen (secondary N) is 1.